The van der Waals surface area contributed by atoms with Crippen LogP contribution < -0.4 is 0 Å². The highest BCUT2D eigenvalue weighted by atomic mass is 16.1. The molecule has 0 aromatic heterocycles. The third-order valence-electron chi connectivity index (χ3n) is 1.75. The molecule has 1 heteroatoms. The first-order chi connectivity index (χ1) is 6.33. The summed E-state index contributed by atoms with van der Waals surface area (Å²) < 4.78 is 0. The van der Waals surface area contributed by atoms with Gasteiger partial charge in [-0.3, -0.25) is 4.79 Å². The molecule has 0 radical (unpaired) electrons. The van der Waals surface area contributed by atoms with Gasteiger partial charge in [0, 0.05) is 6.42 Å². The summed E-state index contributed by atoms with van der Waals surface area (Å²) in [5, 5.41) is 0. The number of ketones is 1. The van der Waals surface area contributed by atoms with Crippen LogP contribution in [0.2, 0.25) is 0 Å². The predicted molar refractivity (Wildman–Crippen MR) is 53.2 cm³/mol. The summed E-state index contributed by atoms with van der Waals surface area (Å²) in [5.41, 5.74) is 1.19. The molecule has 0 amide bonds. The zero-order valence-electron chi connectivity index (χ0n) is 7.71. The van der Waals surface area contributed by atoms with Crippen molar-refractivity contribution in [1.82, 2.24) is 0 Å². The lowest BCUT2D eigenvalue weighted by Gasteiger charge is -1.96. The molecule has 0 aliphatic rings. The van der Waals surface area contributed by atoms with E-state index in [0.717, 1.165) is 6.42 Å². The minimum Gasteiger partial charge on any atom is -0.285 e. The fourth-order valence-electron chi connectivity index (χ4n) is 1.10. The van der Waals surface area contributed by atoms with E-state index < -0.39 is 0 Å². The summed E-state index contributed by atoms with van der Waals surface area (Å²) in [5.74, 6) is 5.15. The number of rotatable bonds is 3. The number of hydrogen-bond donors (Lipinski definition) is 0. The smallest absolute Gasteiger partial charge is 0.205 e. The molecule has 1 aromatic rings. The van der Waals surface area contributed by atoms with E-state index in [9.17, 15) is 4.79 Å². The Labute approximate surface area is 78.8 Å². The van der Waals surface area contributed by atoms with Crippen LogP contribution in [0.5, 0.6) is 0 Å². The molecule has 0 bridgehead atoms. The van der Waals surface area contributed by atoms with Gasteiger partial charge in [0.2, 0.25) is 5.78 Å². The number of carbonyl (C=O) groups is 1. The molecular weight excluding hydrogens is 160 g/mol. The summed E-state index contributed by atoms with van der Waals surface area (Å²) in [6.07, 6.45) is 1.30. The molecule has 0 atom stereocenters. The average Bonchev–Trinajstić information content (AvgIpc) is 2.17. The number of hydrogen-bond acceptors (Lipinski definition) is 1. The second-order valence-corrected chi connectivity index (χ2v) is 2.78. The van der Waals surface area contributed by atoms with Crippen LogP contribution in [0.25, 0.3) is 0 Å². The standard InChI is InChI=1S/C12H12O/c1-2-6-12(13)10-9-11-7-4-3-5-8-11/h3-5,7-8H,9-10H2,1H3. The van der Waals surface area contributed by atoms with Crippen molar-refractivity contribution in [1.29, 1.82) is 0 Å². The van der Waals surface area contributed by atoms with Gasteiger partial charge in [-0.1, -0.05) is 36.3 Å². The summed E-state index contributed by atoms with van der Waals surface area (Å²) in [6.45, 7) is 1.68. The van der Waals surface area contributed by atoms with E-state index in [1.54, 1.807) is 6.92 Å². The number of aryl methyl sites for hydroxylation is 1. The van der Waals surface area contributed by atoms with Gasteiger partial charge >= 0.3 is 0 Å². The Balaban J connectivity index is 2.43. The molecule has 0 heterocycles. The highest BCUT2D eigenvalue weighted by Crippen LogP contribution is 2.02. The lowest BCUT2D eigenvalue weighted by atomic mass is 10.1. The summed E-state index contributed by atoms with van der Waals surface area (Å²) in [7, 11) is 0. The third-order valence-corrected chi connectivity index (χ3v) is 1.75. The van der Waals surface area contributed by atoms with Crippen molar-refractivity contribution in [2.45, 2.75) is 19.8 Å². The van der Waals surface area contributed by atoms with E-state index in [-0.39, 0.29) is 5.78 Å². The zero-order valence-corrected chi connectivity index (χ0v) is 7.71. The Morgan fingerprint density at radius 2 is 2.00 bits per heavy atom. The van der Waals surface area contributed by atoms with Crippen molar-refractivity contribution in [2.75, 3.05) is 0 Å². The molecule has 1 rings (SSSR count). The molecule has 1 aromatic carbocycles. The van der Waals surface area contributed by atoms with Crippen molar-refractivity contribution in [3.05, 3.63) is 35.9 Å². The van der Waals surface area contributed by atoms with E-state index in [1.807, 2.05) is 30.3 Å². The molecular formula is C12H12O. The van der Waals surface area contributed by atoms with Gasteiger partial charge in [0.05, 0.1) is 0 Å². The Bertz CT molecular complexity index is 327. The van der Waals surface area contributed by atoms with Crippen molar-refractivity contribution in [2.24, 2.45) is 0 Å². The van der Waals surface area contributed by atoms with E-state index in [4.69, 9.17) is 0 Å². The Morgan fingerprint density at radius 3 is 2.62 bits per heavy atom. The van der Waals surface area contributed by atoms with E-state index in [2.05, 4.69) is 11.8 Å². The van der Waals surface area contributed by atoms with Gasteiger partial charge in [-0.2, -0.15) is 0 Å². The molecule has 0 saturated heterocycles. The molecule has 0 saturated carbocycles. The average molecular weight is 172 g/mol. The molecule has 0 fully saturated rings. The largest absolute Gasteiger partial charge is 0.285 e. The van der Waals surface area contributed by atoms with Crippen LogP contribution in [0.4, 0.5) is 0 Å². The Hall–Kier alpha value is -1.55. The molecule has 0 unspecified atom stereocenters. The summed E-state index contributed by atoms with van der Waals surface area (Å²) in [6, 6.07) is 9.97. The first-order valence-corrected chi connectivity index (χ1v) is 4.32. The molecule has 0 N–H and O–H groups in total. The monoisotopic (exact) mass is 172 g/mol. The molecule has 1 nitrogen and oxygen atoms in total. The van der Waals surface area contributed by atoms with Crippen LogP contribution in [0.3, 0.4) is 0 Å². The van der Waals surface area contributed by atoms with Crippen molar-refractivity contribution < 1.29 is 4.79 Å². The molecule has 0 spiro atoms. The number of Topliss-reactive ketones (excluding diaryl/α,β-unsaturated/α-hetero) is 1. The minimum absolute atomic E-state index is 0.0198. The number of carbonyl (C=O) groups excluding carboxylic acids is 1. The second kappa shape index (κ2) is 5.16. The topological polar surface area (TPSA) is 17.1 Å². The normalized spacial score (nSPS) is 8.69. The van der Waals surface area contributed by atoms with Crippen LogP contribution >= 0.6 is 0 Å². The maximum absolute atomic E-state index is 11.0. The Kier molecular flexibility index (Phi) is 3.78. The fourth-order valence-corrected chi connectivity index (χ4v) is 1.10. The lowest BCUT2D eigenvalue weighted by Crippen LogP contribution is -1.95. The van der Waals surface area contributed by atoms with Gasteiger partial charge in [0.25, 0.3) is 0 Å². The fraction of sp³-hybridized carbons (Fsp3) is 0.250. The van der Waals surface area contributed by atoms with Gasteiger partial charge in [-0.25, -0.2) is 0 Å². The van der Waals surface area contributed by atoms with Gasteiger partial charge in [0.15, 0.2) is 0 Å². The van der Waals surface area contributed by atoms with Gasteiger partial charge in [0.1, 0.15) is 0 Å². The van der Waals surface area contributed by atoms with Crippen LogP contribution in [0.1, 0.15) is 18.9 Å². The molecule has 66 valence electrons. The van der Waals surface area contributed by atoms with E-state index in [0.29, 0.717) is 6.42 Å². The zero-order chi connectivity index (χ0) is 9.52. The van der Waals surface area contributed by atoms with Gasteiger partial charge in [-0.05, 0) is 24.8 Å². The minimum atomic E-state index is 0.0198. The molecule has 13 heavy (non-hydrogen) atoms. The van der Waals surface area contributed by atoms with Crippen molar-refractivity contribution in [3.8, 4) is 11.8 Å². The maximum atomic E-state index is 11.0. The van der Waals surface area contributed by atoms with Crippen LogP contribution in [-0.4, -0.2) is 5.78 Å². The van der Waals surface area contributed by atoms with Crippen molar-refractivity contribution >= 4 is 5.78 Å². The Morgan fingerprint density at radius 1 is 1.31 bits per heavy atom. The third kappa shape index (κ3) is 3.57. The van der Waals surface area contributed by atoms with E-state index >= 15 is 0 Å². The summed E-state index contributed by atoms with van der Waals surface area (Å²) >= 11 is 0. The highest BCUT2D eigenvalue weighted by molar-refractivity contribution is 5.95. The first-order valence-electron chi connectivity index (χ1n) is 4.32. The maximum Gasteiger partial charge on any atom is 0.205 e. The van der Waals surface area contributed by atoms with Crippen LogP contribution in [0, 0.1) is 11.8 Å². The predicted octanol–water partition coefficient (Wildman–Crippen LogP) is 2.21. The highest BCUT2D eigenvalue weighted by Gasteiger charge is 1.97. The second-order valence-electron chi connectivity index (χ2n) is 2.78. The van der Waals surface area contributed by atoms with Gasteiger partial charge in [-0.15, -0.1) is 0 Å². The first kappa shape index (κ1) is 9.54. The summed E-state index contributed by atoms with van der Waals surface area (Å²) in [4.78, 5) is 11.0. The van der Waals surface area contributed by atoms with Crippen LogP contribution in [0.15, 0.2) is 30.3 Å². The van der Waals surface area contributed by atoms with Crippen molar-refractivity contribution in [3.63, 3.8) is 0 Å². The lowest BCUT2D eigenvalue weighted by molar-refractivity contribution is -0.113. The van der Waals surface area contributed by atoms with E-state index in [1.165, 1.54) is 5.56 Å². The van der Waals surface area contributed by atoms with Gasteiger partial charge < -0.3 is 0 Å². The molecule has 0 aliphatic carbocycles. The quantitative estimate of drug-likeness (QED) is 0.504. The molecule has 0 aliphatic heterocycles. The van der Waals surface area contributed by atoms with Crippen LogP contribution in [-0.2, 0) is 11.2 Å². The number of benzene rings is 1. The SMILES string of the molecule is CC#CC(=O)CCc1ccccc1.